The lowest BCUT2D eigenvalue weighted by Crippen LogP contribution is -2.13. The van der Waals surface area contributed by atoms with Crippen LogP contribution in [-0.2, 0) is 0 Å². The van der Waals surface area contributed by atoms with Gasteiger partial charge in [-0.3, -0.25) is 9.78 Å². The minimum absolute atomic E-state index is 0.187. The zero-order valence-electron chi connectivity index (χ0n) is 9.14. The number of halogens is 1. The molecule has 0 aliphatic carbocycles. The van der Waals surface area contributed by atoms with Crippen molar-refractivity contribution in [3.63, 3.8) is 0 Å². The first-order valence-corrected chi connectivity index (χ1v) is 5.39. The van der Waals surface area contributed by atoms with Crippen LogP contribution >= 0.6 is 11.6 Å². The number of carbonyl (C=O) groups is 1. The van der Waals surface area contributed by atoms with Crippen molar-refractivity contribution < 1.29 is 4.79 Å². The number of nitrogens with zero attached hydrogens (tertiary/aromatic N) is 2. The predicted octanol–water partition coefficient (Wildman–Crippen LogP) is 2.69. The number of aryl methyl sites for hydroxylation is 1. The molecule has 0 spiro atoms. The summed E-state index contributed by atoms with van der Waals surface area (Å²) in [7, 11) is 0. The normalized spacial score (nSPS) is 10.0. The van der Waals surface area contributed by atoms with Gasteiger partial charge >= 0.3 is 0 Å². The smallest absolute Gasteiger partial charge is 0.258 e. The first-order valence-electron chi connectivity index (χ1n) is 5.01. The number of aromatic nitrogens is 2. The van der Waals surface area contributed by atoms with Crippen molar-refractivity contribution in [2.75, 3.05) is 5.32 Å². The van der Waals surface area contributed by atoms with E-state index in [2.05, 4.69) is 15.3 Å². The Morgan fingerprint density at radius 3 is 2.88 bits per heavy atom. The monoisotopic (exact) mass is 247 g/mol. The SMILES string of the molecule is Cc1ccncc1NC(=O)c1cccnc1Cl. The minimum Gasteiger partial charge on any atom is -0.320 e. The molecule has 0 saturated heterocycles. The number of anilines is 1. The lowest BCUT2D eigenvalue weighted by molar-refractivity contribution is 0.102. The highest BCUT2D eigenvalue weighted by molar-refractivity contribution is 6.33. The maximum Gasteiger partial charge on any atom is 0.258 e. The Labute approximate surface area is 104 Å². The zero-order chi connectivity index (χ0) is 12.3. The lowest BCUT2D eigenvalue weighted by Gasteiger charge is -2.07. The minimum atomic E-state index is -0.292. The summed E-state index contributed by atoms with van der Waals surface area (Å²) in [5.41, 5.74) is 1.95. The molecule has 0 aliphatic rings. The summed E-state index contributed by atoms with van der Waals surface area (Å²) >= 11 is 5.84. The highest BCUT2D eigenvalue weighted by Gasteiger charge is 2.11. The van der Waals surface area contributed by atoms with Crippen LogP contribution in [0.1, 0.15) is 15.9 Å². The summed E-state index contributed by atoms with van der Waals surface area (Å²) in [5.74, 6) is -0.292. The van der Waals surface area contributed by atoms with E-state index in [1.54, 1.807) is 24.5 Å². The van der Waals surface area contributed by atoms with E-state index in [0.717, 1.165) is 5.56 Å². The molecule has 0 atom stereocenters. The van der Waals surface area contributed by atoms with E-state index in [0.29, 0.717) is 11.3 Å². The zero-order valence-corrected chi connectivity index (χ0v) is 9.90. The van der Waals surface area contributed by atoms with Gasteiger partial charge in [0.05, 0.1) is 17.4 Å². The summed E-state index contributed by atoms with van der Waals surface area (Å²) in [6.45, 7) is 1.89. The molecule has 1 N–H and O–H groups in total. The van der Waals surface area contributed by atoms with Crippen molar-refractivity contribution in [1.82, 2.24) is 9.97 Å². The molecule has 0 aromatic carbocycles. The average molecular weight is 248 g/mol. The Morgan fingerprint density at radius 1 is 1.35 bits per heavy atom. The number of amides is 1. The van der Waals surface area contributed by atoms with Crippen LogP contribution in [0, 0.1) is 6.92 Å². The number of pyridine rings is 2. The summed E-state index contributed by atoms with van der Waals surface area (Å²) in [6.07, 6.45) is 4.80. The molecule has 0 radical (unpaired) electrons. The van der Waals surface area contributed by atoms with E-state index in [-0.39, 0.29) is 11.1 Å². The fourth-order valence-corrected chi connectivity index (χ4v) is 1.55. The number of carbonyl (C=O) groups excluding carboxylic acids is 1. The van der Waals surface area contributed by atoms with Gasteiger partial charge in [0.1, 0.15) is 5.15 Å². The lowest BCUT2D eigenvalue weighted by atomic mass is 10.2. The van der Waals surface area contributed by atoms with Crippen molar-refractivity contribution in [1.29, 1.82) is 0 Å². The summed E-state index contributed by atoms with van der Waals surface area (Å²) in [4.78, 5) is 19.7. The predicted molar refractivity (Wildman–Crippen MR) is 66.2 cm³/mol. The average Bonchev–Trinajstić information content (AvgIpc) is 2.32. The standard InChI is InChI=1S/C12H10ClN3O/c1-8-4-6-14-7-10(8)16-12(17)9-3-2-5-15-11(9)13/h2-7H,1H3,(H,16,17). The molecule has 0 unspecified atom stereocenters. The van der Waals surface area contributed by atoms with Crippen LogP contribution in [0.25, 0.3) is 0 Å². The van der Waals surface area contributed by atoms with Crippen LogP contribution in [0.4, 0.5) is 5.69 Å². The Hall–Kier alpha value is -1.94. The topological polar surface area (TPSA) is 54.9 Å². The molecule has 2 heterocycles. The van der Waals surface area contributed by atoms with E-state index in [1.165, 1.54) is 6.20 Å². The number of hydrogen-bond acceptors (Lipinski definition) is 3. The molecule has 0 bridgehead atoms. The van der Waals surface area contributed by atoms with Crippen molar-refractivity contribution in [3.8, 4) is 0 Å². The molecule has 0 aliphatic heterocycles. The molecule has 2 rings (SSSR count). The second-order valence-corrected chi connectivity index (χ2v) is 3.84. The third kappa shape index (κ3) is 2.60. The van der Waals surface area contributed by atoms with Gasteiger partial charge in [-0.15, -0.1) is 0 Å². The Morgan fingerprint density at radius 2 is 2.18 bits per heavy atom. The van der Waals surface area contributed by atoms with E-state index >= 15 is 0 Å². The van der Waals surface area contributed by atoms with E-state index in [4.69, 9.17) is 11.6 Å². The van der Waals surface area contributed by atoms with E-state index < -0.39 is 0 Å². The van der Waals surface area contributed by atoms with Crippen molar-refractivity contribution in [2.24, 2.45) is 0 Å². The van der Waals surface area contributed by atoms with Gasteiger partial charge in [-0.2, -0.15) is 0 Å². The molecule has 2 aromatic heterocycles. The Bertz CT molecular complexity index is 557. The van der Waals surface area contributed by atoms with Gasteiger partial charge in [-0.1, -0.05) is 11.6 Å². The molecular formula is C12H10ClN3O. The van der Waals surface area contributed by atoms with Crippen LogP contribution in [-0.4, -0.2) is 15.9 Å². The second kappa shape index (κ2) is 4.93. The molecule has 5 heteroatoms. The molecule has 4 nitrogen and oxygen atoms in total. The van der Waals surface area contributed by atoms with Crippen LogP contribution in [0.5, 0.6) is 0 Å². The maximum absolute atomic E-state index is 11.9. The van der Waals surface area contributed by atoms with Gasteiger partial charge in [-0.05, 0) is 30.7 Å². The van der Waals surface area contributed by atoms with Gasteiger partial charge in [0.25, 0.3) is 5.91 Å². The van der Waals surface area contributed by atoms with Gasteiger partial charge < -0.3 is 5.32 Å². The molecule has 1 amide bonds. The van der Waals surface area contributed by atoms with Gasteiger partial charge in [0.15, 0.2) is 0 Å². The third-order valence-electron chi connectivity index (χ3n) is 2.29. The molecule has 0 fully saturated rings. The first-order chi connectivity index (χ1) is 8.18. The highest BCUT2D eigenvalue weighted by Crippen LogP contribution is 2.16. The van der Waals surface area contributed by atoms with Crippen LogP contribution < -0.4 is 5.32 Å². The summed E-state index contributed by atoms with van der Waals surface area (Å²) in [6, 6.07) is 5.10. The Balaban J connectivity index is 2.24. The fraction of sp³-hybridized carbons (Fsp3) is 0.0833. The highest BCUT2D eigenvalue weighted by atomic mass is 35.5. The number of nitrogens with one attached hydrogen (secondary N) is 1. The number of hydrogen-bond donors (Lipinski definition) is 1. The molecule has 86 valence electrons. The molecule has 17 heavy (non-hydrogen) atoms. The van der Waals surface area contributed by atoms with E-state index in [1.807, 2.05) is 13.0 Å². The third-order valence-corrected chi connectivity index (χ3v) is 2.59. The molecule has 0 saturated carbocycles. The van der Waals surface area contributed by atoms with Crippen LogP contribution in [0.15, 0.2) is 36.8 Å². The summed E-state index contributed by atoms with van der Waals surface area (Å²) < 4.78 is 0. The van der Waals surface area contributed by atoms with Crippen LogP contribution in [0.3, 0.4) is 0 Å². The molecule has 2 aromatic rings. The fourth-order valence-electron chi connectivity index (χ4n) is 1.34. The van der Waals surface area contributed by atoms with E-state index in [9.17, 15) is 4.79 Å². The largest absolute Gasteiger partial charge is 0.320 e. The van der Waals surface area contributed by atoms with Crippen molar-refractivity contribution >= 4 is 23.2 Å². The quantitative estimate of drug-likeness (QED) is 0.830. The van der Waals surface area contributed by atoms with Gasteiger partial charge in [-0.25, -0.2) is 4.98 Å². The van der Waals surface area contributed by atoms with Crippen molar-refractivity contribution in [3.05, 3.63) is 53.1 Å². The number of rotatable bonds is 2. The Kier molecular flexibility index (Phi) is 3.35. The maximum atomic E-state index is 11.9. The first kappa shape index (κ1) is 11.5. The molecular weight excluding hydrogens is 238 g/mol. The van der Waals surface area contributed by atoms with Gasteiger partial charge in [0, 0.05) is 12.4 Å². The summed E-state index contributed by atoms with van der Waals surface area (Å²) in [5, 5.41) is 2.93. The van der Waals surface area contributed by atoms with Crippen LogP contribution in [0.2, 0.25) is 5.15 Å². The van der Waals surface area contributed by atoms with Crippen molar-refractivity contribution in [2.45, 2.75) is 6.92 Å². The second-order valence-electron chi connectivity index (χ2n) is 3.49. The van der Waals surface area contributed by atoms with Gasteiger partial charge in [0.2, 0.25) is 0 Å².